The summed E-state index contributed by atoms with van der Waals surface area (Å²) in [6, 6.07) is 0. The molecule has 1 amide bonds. The highest BCUT2D eigenvalue weighted by atomic mass is 16.4. The number of carboxylic acid groups (broad SMARTS) is 1. The molecular weight excluding hydrogens is 206 g/mol. The van der Waals surface area contributed by atoms with Gasteiger partial charge < -0.3 is 10.0 Å². The Kier molecular flexibility index (Phi) is 3.17. The molecule has 2 fully saturated rings. The maximum absolute atomic E-state index is 12.0. The molecule has 2 atom stereocenters. The Hall–Kier alpha value is -1.06. The molecule has 2 rings (SSSR count). The highest BCUT2D eigenvalue weighted by Crippen LogP contribution is 2.38. The van der Waals surface area contributed by atoms with Gasteiger partial charge in [-0.05, 0) is 18.8 Å². The van der Waals surface area contributed by atoms with Gasteiger partial charge in [-0.3, -0.25) is 9.59 Å². The van der Waals surface area contributed by atoms with Crippen molar-refractivity contribution in [1.29, 1.82) is 0 Å². The van der Waals surface area contributed by atoms with Crippen LogP contribution < -0.4 is 0 Å². The average molecular weight is 225 g/mol. The van der Waals surface area contributed by atoms with Crippen molar-refractivity contribution in [2.75, 3.05) is 13.6 Å². The third-order valence-corrected chi connectivity index (χ3v) is 4.04. The van der Waals surface area contributed by atoms with E-state index in [4.69, 9.17) is 0 Å². The molecule has 2 unspecified atom stereocenters. The summed E-state index contributed by atoms with van der Waals surface area (Å²) in [5.41, 5.74) is 0. The van der Waals surface area contributed by atoms with Crippen molar-refractivity contribution in [2.45, 2.75) is 32.1 Å². The zero-order chi connectivity index (χ0) is 11.7. The van der Waals surface area contributed by atoms with Crippen molar-refractivity contribution in [3.63, 3.8) is 0 Å². The van der Waals surface area contributed by atoms with Crippen LogP contribution in [0.25, 0.3) is 0 Å². The first-order valence-electron chi connectivity index (χ1n) is 6.09. The molecule has 0 spiro atoms. The van der Waals surface area contributed by atoms with E-state index in [1.807, 2.05) is 0 Å². The van der Waals surface area contributed by atoms with Crippen LogP contribution in [-0.4, -0.2) is 35.5 Å². The molecule has 1 saturated carbocycles. The monoisotopic (exact) mass is 225 g/mol. The highest BCUT2D eigenvalue weighted by Gasteiger charge is 2.46. The van der Waals surface area contributed by atoms with E-state index in [2.05, 4.69) is 0 Å². The molecule has 1 aliphatic heterocycles. The molecule has 16 heavy (non-hydrogen) atoms. The molecule has 0 aromatic heterocycles. The summed E-state index contributed by atoms with van der Waals surface area (Å²) in [4.78, 5) is 24.7. The van der Waals surface area contributed by atoms with Crippen LogP contribution in [0.2, 0.25) is 0 Å². The van der Waals surface area contributed by atoms with Gasteiger partial charge in [-0.15, -0.1) is 0 Å². The Morgan fingerprint density at radius 1 is 1.31 bits per heavy atom. The predicted octanol–water partition coefficient (Wildman–Crippen LogP) is 1.36. The number of hydrogen-bond donors (Lipinski definition) is 1. The van der Waals surface area contributed by atoms with Crippen molar-refractivity contribution in [1.82, 2.24) is 4.90 Å². The Balaban J connectivity index is 2.14. The first kappa shape index (κ1) is 11.4. The lowest BCUT2D eigenvalue weighted by Crippen LogP contribution is -2.32. The van der Waals surface area contributed by atoms with E-state index in [9.17, 15) is 14.7 Å². The lowest BCUT2D eigenvalue weighted by Gasteiger charge is -2.28. The topological polar surface area (TPSA) is 57.6 Å². The SMILES string of the molecule is CN1CC(C(=O)O)C(C2CCCCC2)C1=O. The zero-order valence-electron chi connectivity index (χ0n) is 9.69. The van der Waals surface area contributed by atoms with Gasteiger partial charge in [0.05, 0.1) is 11.8 Å². The number of hydrogen-bond acceptors (Lipinski definition) is 2. The number of carbonyl (C=O) groups is 2. The van der Waals surface area contributed by atoms with Crippen LogP contribution in [0.5, 0.6) is 0 Å². The van der Waals surface area contributed by atoms with E-state index in [1.165, 1.54) is 6.42 Å². The molecule has 1 aliphatic carbocycles. The van der Waals surface area contributed by atoms with Crippen molar-refractivity contribution < 1.29 is 14.7 Å². The lowest BCUT2D eigenvalue weighted by molar-refractivity contribution is -0.145. The number of amides is 1. The lowest BCUT2D eigenvalue weighted by atomic mass is 9.75. The van der Waals surface area contributed by atoms with Crippen LogP contribution in [0, 0.1) is 17.8 Å². The minimum Gasteiger partial charge on any atom is -0.481 e. The summed E-state index contributed by atoms with van der Waals surface area (Å²) >= 11 is 0. The average Bonchev–Trinajstić information content (AvgIpc) is 2.57. The summed E-state index contributed by atoms with van der Waals surface area (Å²) in [6.45, 7) is 0.384. The van der Waals surface area contributed by atoms with E-state index >= 15 is 0 Å². The van der Waals surface area contributed by atoms with Gasteiger partial charge in [-0.25, -0.2) is 0 Å². The minimum atomic E-state index is -0.812. The van der Waals surface area contributed by atoms with Gasteiger partial charge in [0.1, 0.15) is 0 Å². The number of carbonyl (C=O) groups excluding carboxylic acids is 1. The van der Waals surface area contributed by atoms with Crippen LogP contribution in [0.4, 0.5) is 0 Å². The summed E-state index contributed by atoms with van der Waals surface area (Å²) < 4.78 is 0. The Morgan fingerprint density at radius 2 is 1.94 bits per heavy atom. The fourth-order valence-corrected chi connectivity index (χ4v) is 3.18. The van der Waals surface area contributed by atoms with Crippen molar-refractivity contribution >= 4 is 11.9 Å². The first-order chi connectivity index (χ1) is 7.61. The minimum absolute atomic E-state index is 0.0410. The number of likely N-dealkylation sites (tertiary alicyclic amines) is 1. The maximum Gasteiger partial charge on any atom is 0.309 e. The zero-order valence-corrected chi connectivity index (χ0v) is 9.69. The van der Waals surface area contributed by atoms with E-state index < -0.39 is 11.9 Å². The fraction of sp³-hybridized carbons (Fsp3) is 0.833. The van der Waals surface area contributed by atoms with Crippen molar-refractivity contribution in [3.8, 4) is 0 Å². The second-order valence-corrected chi connectivity index (χ2v) is 5.09. The molecule has 1 heterocycles. The standard InChI is InChI=1S/C12H19NO3/c1-13-7-9(12(15)16)10(11(13)14)8-5-3-2-4-6-8/h8-10H,2-7H2,1H3,(H,15,16). The van der Waals surface area contributed by atoms with Gasteiger partial charge in [0, 0.05) is 13.6 Å². The molecule has 1 N–H and O–H groups in total. The third-order valence-electron chi connectivity index (χ3n) is 4.04. The van der Waals surface area contributed by atoms with Crippen LogP contribution in [-0.2, 0) is 9.59 Å². The number of nitrogens with zero attached hydrogens (tertiary/aromatic N) is 1. The second-order valence-electron chi connectivity index (χ2n) is 5.09. The van der Waals surface area contributed by atoms with Crippen LogP contribution in [0.3, 0.4) is 0 Å². The Morgan fingerprint density at radius 3 is 2.50 bits per heavy atom. The van der Waals surface area contributed by atoms with Gasteiger partial charge >= 0.3 is 5.97 Å². The van der Waals surface area contributed by atoms with Gasteiger partial charge in [-0.2, -0.15) is 0 Å². The first-order valence-corrected chi connectivity index (χ1v) is 6.09. The normalized spacial score (nSPS) is 32.1. The Labute approximate surface area is 95.6 Å². The smallest absolute Gasteiger partial charge is 0.309 e. The third kappa shape index (κ3) is 1.93. The molecule has 0 radical (unpaired) electrons. The molecule has 90 valence electrons. The molecule has 0 aromatic carbocycles. The largest absolute Gasteiger partial charge is 0.481 e. The molecule has 1 saturated heterocycles. The van der Waals surface area contributed by atoms with Crippen LogP contribution >= 0.6 is 0 Å². The van der Waals surface area contributed by atoms with Gasteiger partial charge in [0.2, 0.25) is 5.91 Å². The van der Waals surface area contributed by atoms with E-state index in [0.717, 1.165) is 25.7 Å². The van der Waals surface area contributed by atoms with Gasteiger partial charge in [-0.1, -0.05) is 19.3 Å². The maximum atomic E-state index is 12.0. The highest BCUT2D eigenvalue weighted by molar-refractivity contribution is 5.88. The van der Waals surface area contributed by atoms with Gasteiger partial charge in [0.25, 0.3) is 0 Å². The van der Waals surface area contributed by atoms with Crippen LogP contribution in [0.15, 0.2) is 0 Å². The summed E-state index contributed by atoms with van der Waals surface area (Å²) in [7, 11) is 1.71. The van der Waals surface area contributed by atoms with Crippen molar-refractivity contribution in [2.24, 2.45) is 17.8 Å². The summed E-state index contributed by atoms with van der Waals surface area (Å²) in [6.07, 6.45) is 5.56. The molecular formula is C12H19NO3. The summed E-state index contributed by atoms with van der Waals surface area (Å²) in [5.74, 6) is -1.22. The number of rotatable bonds is 2. The quantitative estimate of drug-likeness (QED) is 0.772. The fourth-order valence-electron chi connectivity index (χ4n) is 3.18. The molecule has 0 aromatic rings. The molecule has 4 heteroatoms. The van der Waals surface area contributed by atoms with Gasteiger partial charge in [0.15, 0.2) is 0 Å². The van der Waals surface area contributed by atoms with E-state index in [-0.39, 0.29) is 11.8 Å². The summed E-state index contributed by atoms with van der Waals surface area (Å²) in [5, 5.41) is 9.17. The second kappa shape index (κ2) is 4.44. The number of carboxylic acids is 1. The number of aliphatic carboxylic acids is 1. The van der Waals surface area contributed by atoms with Crippen LogP contribution in [0.1, 0.15) is 32.1 Å². The van der Waals surface area contributed by atoms with Crippen molar-refractivity contribution in [3.05, 3.63) is 0 Å². The Bertz CT molecular complexity index is 297. The van der Waals surface area contributed by atoms with E-state index in [1.54, 1.807) is 11.9 Å². The predicted molar refractivity (Wildman–Crippen MR) is 58.8 cm³/mol. The molecule has 4 nitrogen and oxygen atoms in total. The van der Waals surface area contributed by atoms with E-state index in [0.29, 0.717) is 12.5 Å². The molecule has 0 bridgehead atoms. The molecule has 2 aliphatic rings.